The second-order valence-corrected chi connectivity index (χ2v) is 5.46. The van der Waals surface area contributed by atoms with Gasteiger partial charge in [0.1, 0.15) is 11.6 Å². The molecule has 1 aromatic heterocycles. The average molecular weight is 370 g/mol. The van der Waals surface area contributed by atoms with Gasteiger partial charge in [-0.1, -0.05) is 34.8 Å². The van der Waals surface area contributed by atoms with E-state index >= 15 is 0 Å². The van der Waals surface area contributed by atoms with Crippen LogP contribution in [-0.2, 0) is 0 Å². The number of halogens is 5. The molecule has 94 valence electrons. The molecule has 0 aliphatic heterocycles. The fourth-order valence-electron chi connectivity index (χ4n) is 1.29. The summed E-state index contributed by atoms with van der Waals surface area (Å²) in [4.78, 5) is 4.08. The minimum atomic E-state index is -0.501. The number of nitrogens with one attached hydrogen (secondary N) is 1. The normalized spacial score (nSPS) is 10.5. The van der Waals surface area contributed by atoms with Gasteiger partial charge in [-0.15, -0.1) is 0 Å². The zero-order valence-electron chi connectivity index (χ0n) is 8.65. The summed E-state index contributed by atoms with van der Waals surface area (Å²) in [5.74, 6) is -0.0199. The molecule has 0 aliphatic rings. The van der Waals surface area contributed by atoms with E-state index in [0.717, 1.165) is 0 Å². The minimum Gasteiger partial charge on any atom is -0.337 e. The first-order chi connectivity index (χ1) is 8.47. The van der Waals surface area contributed by atoms with Crippen LogP contribution in [0.2, 0.25) is 15.1 Å². The monoisotopic (exact) mass is 368 g/mol. The predicted octanol–water partition coefficient (Wildman–Crippen LogP) is 5.69. The number of rotatable bonds is 2. The second kappa shape index (κ2) is 5.61. The first kappa shape index (κ1) is 13.9. The Morgan fingerprint density at radius 3 is 2.28 bits per heavy atom. The van der Waals surface area contributed by atoms with Gasteiger partial charge in [-0.25, -0.2) is 9.37 Å². The molecule has 2 nitrogen and oxygen atoms in total. The largest absolute Gasteiger partial charge is 0.337 e. The number of anilines is 2. The number of benzene rings is 1. The Kier molecular flexibility index (Phi) is 4.33. The lowest BCUT2D eigenvalue weighted by Gasteiger charge is -2.11. The number of nitrogens with zero attached hydrogens (tertiary/aromatic N) is 1. The van der Waals surface area contributed by atoms with E-state index in [1.165, 1.54) is 18.3 Å². The molecular formula is C11H5BrCl3FN2. The Labute approximate surface area is 126 Å². The van der Waals surface area contributed by atoms with E-state index in [4.69, 9.17) is 34.8 Å². The van der Waals surface area contributed by atoms with Crippen LogP contribution in [0.15, 0.2) is 28.9 Å². The summed E-state index contributed by atoms with van der Waals surface area (Å²) in [7, 11) is 0. The van der Waals surface area contributed by atoms with Gasteiger partial charge in [0.05, 0.1) is 25.2 Å². The molecule has 2 aromatic rings. The molecule has 0 radical (unpaired) electrons. The van der Waals surface area contributed by atoms with Gasteiger partial charge >= 0.3 is 0 Å². The van der Waals surface area contributed by atoms with Crippen molar-refractivity contribution in [2.45, 2.75) is 0 Å². The Balaban J connectivity index is 2.40. The molecule has 0 spiro atoms. The molecule has 0 aliphatic carbocycles. The van der Waals surface area contributed by atoms with Gasteiger partial charge in [0, 0.05) is 6.20 Å². The van der Waals surface area contributed by atoms with Gasteiger partial charge in [-0.3, -0.25) is 0 Å². The topological polar surface area (TPSA) is 24.9 Å². The summed E-state index contributed by atoms with van der Waals surface area (Å²) in [5, 5.41) is 3.75. The van der Waals surface area contributed by atoms with Crippen molar-refractivity contribution in [3.63, 3.8) is 0 Å². The van der Waals surface area contributed by atoms with Crippen molar-refractivity contribution in [2.24, 2.45) is 0 Å². The summed E-state index contributed by atoms with van der Waals surface area (Å²) in [5.41, 5.74) is 0.384. The summed E-state index contributed by atoms with van der Waals surface area (Å²) in [6, 6.07) is 4.00. The van der Waals surface area contributed by atoms with Crippen molar-refractivity contribution in [2.75, 3.05) is 5.32 Å². The number of aromatic nitrogens is 1. The van der Waals surface area contributed by atoms with Gasteiger partial charge < -0.3 is 5.32 Å². The Morgan fingerprint density at radius 1 is 1.11 bits per heavy atom. The van der Waals surface area contributed by atoms with Crippen LogP contribution in [0.1, 0.15) is 0 Å². The van der Waals surface area contributed by atoms with E-state index in [9.17, 15) is 4.39 Å². The van der Waals surface area contributed by atoms with E-state index in [2.05, 4.69) is 26.2 Å². The molecule has 0 fully saturated rings. The van der Waals surface area contributed by atoms with Gasteiger partial charge in [-0.2, -0.15) is 0 Å². The van der Waals surface area contributed by atoms with Gasteiger partial charge in [0.2, 0.25) is 0 Å². The highest BCUT2D eigenvalue weighted by Crippen LogP contribution is 2.35. The third-order valence-electron chi connectivity index (χ3n) is 2.06. The standard InChI is InChI=1S/C11H5BrCl3FN2/c12-7-1-5(13)4-17-11(7)18-10-8(14)2-6(16)3-9(10)15/h1-4H,(H,17,18). The van der Waals surface area contributed by atoms with E-state index in [1.54, 1.807) is 6.07 Å². The highest BCUT2D eigenvalue weighted by molar-refractivity contribution is 9.10. The predicted molar refractivity (Wildman–Crippen MR) is 76.6 cm³/mol. The highest BCUT2D eigenvalue weighted by Gasteiger charge is 2.11. The van der Waals surface area contributed by atoms with Crippen LogP contribution in [0.3, 0.4) is 0 Å². The maximum Gasteiger partial charge on any atom is 0.144 e. The van der Waals surface area contributed by atoms with E-state index in [-0.39, 0.29) is 10.0 Å². The van der Waals surface area contributed by atoms with Crippen LogP contribution in [0.5, 0.6) is 0 Å². The lowest BCUT2D eigenvalue weighted by Crippen LogP contribution is -1.97. The molecule has 0 saturated carbocycles. The summed E-state index contributed by atoms with van der Waals surface area (Å²) < 4.78 is 13.7. The van der Waals surface area contributed by atoms with Crippen molar-refractivity contribution < 1.29 is 4.39 Å². The van der Waals surface area contributed by atoms with Gasteiger partial charge in [0.15, 0.2) is 0 Å². The second-order valence-electron chi connectivity index (χ2n) is 3.35. The smallest absolute Gasteiger partial charge is 0.144 e. The SMILES string of the molecule is Fc1cc(Cl)c(Nc2ncc(Cl)cc2Br)c(Cl)c1. The maximum atomic E-state index is 13.0. The van der Waals surface area contributed by atoms with Crippen LogP contribution < -0.4 is 5.32 Å². The summed E-state index contributed by atoms with van der Waals surface area (Å²) in [6.45, 7) is 0. The number of hydrogen-bond donors (Lipinski definition) is 1. The van der Waals surface area contributed by atoms with Crippen molar-refractivity contribution in [1.82, 2.24) is 4.98 Å². The van der Waals surface area contributed by atoms with E-state index in [1.807, 2.05) is 0 Å². The van der Waals surface area contributed by atoms with Crippen LogP contribution in [-0.4, -0.2) is 4.98 Å². The molecule has 2 rings (SSSR count). The number of hydrogen-bond acceptors (Lipinski definition) is 2. The third-order valence-corrected chi connectivity index (χ3v) is 3.47. The molecule has 0 bridgehead atoms. The first-order valence-electron chi connectivity index (χ1n) is 4.70. The summed E-state index contributed by atoms with van der Waals surface area (Å²) in [6.07, 6.45) is 1.47. The van der Waals surface area contributed by atoms with Crippen molar-refractivity contribution in [1.29, 1.82) is 0 Å². The third kappa shape index (κ3) is 3.06. The van der Waals surface area contributed by atoms with E-state index < -0.39 is 5.82 Å². The Hall–Kier alpha value is -0.550. The maximum absolute atomic E-state index is 13.0. The van der Waals surface area contributed by atoms with Crippen molar-refractivity contribution in [3.05, 3.63) is 49.8 Å². The lowest BCUT2D eigenvalue weighted by atomic mass is 10.3. The Bertz CT molecular complexity index is 584. The molecule has 0 atom stereocenters. The molecule has 0 saturated heterocycles. The van der Waals surface area contributed by atoms with Gasteiger partial charge in [-0.05, 0) is 34.1 Å². The van der Waals surface area contributed by atoms with Crippen LogP contribution in [0, 0.1) is 5.82 Å². The zero-order valence-corrected chi connectivity index (χ0v) is 12.5. The van der Waals surface area contributed by atoms with Crippen molar-refractivity contribution >= 4 is 62.2 Å². The van der Waals surface area contributed by atoms with Crippen molar-refractivity contribution in [3.8, 4) is 0 Å². The zero-order chi connectivity index (χ0) is 13.3. The first-order valence-corrected chi connectivity index (χ1v) is 6.62. The van der Waals surface area contributed by atoms with E-state index in [0.29, 0.717) is 21.0 Å². The lowest BCUT2D eigenvalue weighted by molar-refractivity contribution is 0.628. The molecule has 0 unspecified atom stereocenters. The molecule has 1 aromatic carbocycles. The highest BCUT2D eigenvalue weighted by atomic mass is 79.9. The molecule has 7 heteroatoms. The molecule has 1 N–H and O–H groups in total. The van der Waals surface area contributed by atoms with Crippen LogP contribution in [0.25, 0.3) is 0 Å². The fourth-order valence-corrected chi connectivity index (χ4v) is 2.58. The Morgan fingerprint density at radius 2 is 1.72 bits per heavy atom. The number of pyridine rings is 1. The molecule has 18 heavy (non-hydrogen) atoms. The van der Waals surface area contributed by atoms with Crippen LogP contribution >= 0.6 is 50.7 Å². The quantitative estimate of drug-likeness (QED) is 0.735. The molecular weight excluding hydrogens is 365 g/mol. The molecule has 1 heterocycles. The minimum absolute atomic E-state index is 0.170. The summed E-state index contributed by atoms with van der Waals surface area (Å²) >= 11 is 20.9. The average Bonchev–Trinajstić information content (AvgIpc) is 2.25. The van der Waals surface area contributed by atoms with Gasteiger partial charge in [0.25, 0.3) is 0 Å². The van der Waals surface area contributed by atoms with Crippen LogP contribution in [0.4, 0.5) is 15.9 Å². The molecule has 0 amide bonds. The fraction of sp³-hybridized carbons (Fsp3) is 0.